The summed E-state index contributed by atoms with van der Waals surface area (Å²) in [5.74, 6) is -0.198. The Balaban J connectivity index is 1.56. The number of ether oxygens (including phenoxy) is 2. The van der Waals surface area contributed by atoms with E-state index in [1.54, 1.807) is 32.9 Å². The van der Waals surface area contributed by atoms with E-state index in [2.05, 4.69) is 16.0 Å². The predicted octanol–water partition coefficient (Wildman–Crippen LogP) is 4.19. The van der Waals surface area contributed by atoms with Crippen molar-refractivity contribution in [1.29, 1.82) is 0 Å². The highest BCUT2D eigenvalue weighted by Gasteiger charge is 2.15. The Labute approximate surface area is 201 Å². The number of nitrogens with one attached hydrogen (secondary N) is 3. The maximum Gasteiger partial charge on any atom is 0.407 e. The molecule has 0 fully saturated rings. The van der Waals surface area contributed by atoms with Crippen LogP contribution in [-0.4, -0.2) is 43.3 Å². The fourth-order valence-corrected chi connectivity index (χ4v) is 3.00. The van der Waals surface area contributed by atoms with Gasteiger partial charge in [0.05, 0.1) is 0 Å². The second-order valence-corrected chi connectivity index (χ2v) is 8.83. The molecule has 3 N–H and O–H groups in total. The third kappa shape index (κ3) is 11.4. The van der Waals surface area contributed by atoms with E-state index in [0.29, 0.717) is 18.7 Å². The van der Waals surface area contributed by atoms with Crippen molar-refractivity contribution in [3.63, 3.8) is 0 Å². The highest BCUT2D eigenvalue weighted by atomic mass is 16.6. The third-order valence-corrected chi connectivity index (χ3v) is 4.67. The van der Waals surface area contributed by atoms with Crippen LogP contribution in [0, 0.1) is 0 Å². The van der Waals surface area contributed by atoms with E-state index in [4.69, 9.17) is 9.47 Å². The summed E-state index contributed by atoms with van der Waals surface area (Å²) >= 11 is 0. The normalized spacial score (nSPS) is 10.8. The van der Waals surface area contributed by atoms with Gasteiger partial charge in [0, 0.05) is 25.2 Å². The average Bonchev–Trinajstić information content (AvgIpc) is 2.80. The van der Waals surface area contributed by atoms with Crippen LogP contribution in [0.4, 0.5) is 9.59 Å². The molecule has 0 saturated heterocycles. The summed E-state index contributed by atoms with van der Waals surface area (Å²) in [5, 5.41) is 8.12. The Hall–Kier alpha value is -3.55. The lowest BCUT2D eigenvalue weighted by Gasteiger charge is -2.19. The van der Waals surface area contributed by atoms with Gasteiger partial charge < -0.3 is 25.4 Å². The Morgan fingerprint density at radius 2 is 1.38 bits per heavy atom. The first-order chi connectivity index (χ1) is 16.2. The quantitative estimate of drug-likeness (QED) is 0.428. The molecule has 0 aliphatic rings. The minimum absolute atomic E-state index is 0.198. The smallest absolute Gasteiger partial charge is 0.407 e. The molecule has 2 aromatic carbocycles. The van der Waals surface area contributed by atoms with Crippen LogP contribution < -0.4 is 16.0 Å². The minimum Gasteiger partial charge on any atom is -0.445 e. The summed E-state index contributed by atoms with van der Waals surface area (Å²) in [6, 6.07) is 17.0. The lowest BCUT2D eigenvalue weighted by molar-refractivity contribution is 0.0526. The van der Waals surface area contributed by atoms with Crippen molar-refractivity contribution in [2.24, 2.45) is 0 Å². The molecule has 0 aliphatic heterocycles. The van der Waals surface area contributed by atoms with Gasteiger partial charge in [-0.05, 0) is 63.3 Å². The van der Waals surface area contributed by atoms with Crippen molar-refractivity contribution in [2.75, 3.05) is 19.6 Å². The number of carbonyl (C=O) groups excluding carboxylic acids is 3. The Morgan fingerprint density at radius 3 is 2.06 bits per heavy atom. The van der Waals surface area contributed by atoms with Crippen LogP contribution in [0.1, 0.15) is 55.1 Å². The molecule has 0 radical (unpaired) electrons. The molecule has 0 saturated carbocycles. The number of hydrogen-bond acceptors (Lipinski definition) is 5. The molecule has 0 aliphatic carbocycles. The van der Waals surface area contributed by atoms with Gasteiger partial charge in [-0.1, -0.05) is 42.5 Å². The Bertz CT molecular complexity index is 908. The lowest BCUT2D eigenvalue weighted by Crippen LogP contribution is -2.37. The van der Waals surface area contributed by atoms with E-state index < -0.39 is 17.8 Å². The molecule has 3 amide bonds. The van der Waals surface area contributed by atoms with Crippen LogP contribution in [0.15, 0.2) is 54.6 Å². The van der Waals surface area contributed by atoms with Gasteiger partial charge in [-0.2, -0.15) is 0 Å². The summed E-state index contributed by atoms with van der Waals surface area (Å²) in [6.45, 7) is 6.77. The van der Waals surface area contributed by atoms with Crippen LogP contribution in [-0.2, 0) is 22.5 Å². The van der Waals surface area contributed by atoms with Crippen molar-refractivity contribution in [1.82, 2.24) is 16.0 Å². The Kier molecular flexibility index (Phi) is 10.9. The Morgan fingerprint density at radius 1 is 0.735 bits per heavy atom. The SMILES string of the molecule is CC(C)(C)OC(=O)NCCNC(=O)c1ccc(CCCCNC(=O)OCc2ccccc2)cc1. The molecule has 0 unspecified atom stereocenters. The van der Waals surface area contributed by atoms with E-state index >= 15 is 0 Å². The summed E-state index contributed by atoms with van der Waals surface area (Å²) in [4.78, 5) is 35.5. The lowest BCUT2D eigenvalue weighted by atomic mass is 10.1. The van der Waals surface area contributed by atoms with E-state index in [9.17, 15) is 14.4 Å². The number of benzene rings is 2. The molecule has 34 heavy (non-hydrogen) atoms. The molecule has 184 valence electrons. The number of alkyl carbamates (subject to hydrolysis) is 2. The molecular formula is C26H35N3O5. The third-order valence-electron chi connectivity index (χ3n) is 4.67. The van der Waals surface area contributed by atoms with Crippen molar-refractivity contribution in [3.8, 4) is 0 Å². The molecular weight excluding hydrogens is 434 g/mol. The highest BCUT2D eigenvalue weighted by Crippen LogP contribution is 2.08. The van der Waals surface area contributed by atoms with Crippen LogP contribution in [0.3, 0.4) is 0 Å². The van der Waals surface area contributed by atoms with Crippen LogP contribution in [0.5, 0.6) is 0 Å². The monoisotopic (exact) mass is 469 g/mol. The zero-order chi connectivity index (χ0) is 24.8. The first-order valence-electron chi connectivity index (χ1n) is 11.5. The molecule has 2 rings (SSSR count). The maximum absolute atomic E-state index is 12.2. The van der Waals surface area contributed by atoms with Gasteiger partial charge in [-0.3, -0.25) is 4.79 Å². The van der Waals surface area contributed by atoms with E-state index in [0.717, 1.165) is 30.4 Å². The van der Waals surface area contributed by atoms with Crippen LogP contribution in [0.25, 0.3) is 0 Å². The second kappa shape index (κ2) is 13.9. The summed E-state index contributed by atoms with van der Waals surface area (Å²) in [5.41, 5.74) is 2.07. The molecule has 0 atom stereocenters. The first-order valence-corrected chi connectivity index (χ1v) is 11.5. The molecule has 2 aromatic rings. The highest BCUT2D eigenvalue weighted by molar-refractivity contribution is 5.94. The van der Waals surface area contributed by atoms with Crippen molar-refractivity contribution in [3.05, 3.63) is 71.3 Å². The number of unbranched alkanes of at least 4 members (excludes halogenated alkanes) is 1. The number of aryl methyl sites for hydroxylation is 1. The van der Waals surface area contributed by atoms with Gasteiger partial charge in [-0.15, -0.1) is 0 Å². The number of hydrogen-bond donors (Lipinski definition) is 3. The van der Waals surface area contributed by atoms with Gasteiger partial charge in [0.15, 0.2) is 0 Å². The summed E-state index contributed by atoms with van der Waals surface area (Å²) in [6.07, 6.45) is 1.65. The summed E-state index contributed by atoms with van der Waals surface area (Å²) in [7, 11) is 0. The summed E-state index contributed by atoms with van der Waals surface area (Å²) < 4.78 is 10.3. The number of amides is 3. The standard InChI is InChI=1S/C26H35N3O5/c1-26(2,3)34-25(32)29-18-17-27-23(30)22-14-12-20(13-15-22)9-7-8-16-28-24(31)33-19-21-10-5-4-6-11-21/h4-6,10-15H,7-9,16-19H2,1-3H3,(H,27,30)(H,28,31)(H,29,32). The number of rotatable bonds is 11. The zero-order valence-electron chi connectivity index (χ0n) is 20.2. The predicted molar refractivity (Wildman–Crippen MR) is 131 cm³/mol. The second-order valence-electron chi connectivity index (χ2n) is 8.83. The van der Waals surface area contributed by atoms with E-state index in [1.165, 1.54) is 0 Å². The first kappa shape index (κ1) is 26.7. The van der Waals surface area contributed by atoms with Gasteiger partial charge >= 0.3 is 12.2 Å². The molecule has 8 nitrogen and oxygen atoms in total. The largest absolute Gasteiger partial charge is 0.445 e. The van der Waals surface area contributed by atoms with Crippen LogP contribution in [0.2, 0.25) is 0 Å². The van der Waals surface area contributed by atoms with Gasteiger partial charge in [0.2, 0.25) is 0 Å². The van der Waals surface area contributed by atoms with Crippen molar-refractivity contribution >= 4 is 18.1 Å². The maximum atomic E-state index is 12.2. The minimum atomic E-state index is -0.556. The molecule has 0 bridgehead atoms. The van der Waals surface area contributed by atoms with Gasteiger partial charge in [0.1, 0.15) is 12.2 Å². The molecule has 8 heteroatoms. The fourth-order valence-electron chi connectivity index (χ4n) is 3.00. The van der Waals surface area contributed by atoms with E-state index in [-0.39, 0.29) is 19.1 Å². The number of carbonyl (C=O) groups is 3. The molecule has 0 spiro atoms. The average molecular weight is 470 g/mol. The van der Waals surface area contributed by atoms with Crippen molar-refractivity contribution < 1.29 is 23.9 Å². The van der Waals surface area contributed by atoms with Gasteiger partial charge in [-0.25, -0.2) is 9.59 Å². The fraction of sp³-hybridized carbons (Fsp3) is 0.423. The van der Waals surface area contributed by atoms with Gasteiger partial charge in [0.25, 0.3) is 5.91 Å². The van der Waals surface area contributed by atoms with E-state index in [1.807, 2.05) is 42.5 Å². The molecule has 0 aromatic heterocycles. The van der Waals surface area contributed by atoms with Crippen molar-refractivity contribution in [2.45, 2.75) is 52.2 Å². The zero-order valence-corrected chi connectivity index (χ0v) is 20.2. The van der Waals surface area contributed by atoms with Crippen LogP contribution >= 0.6 is 0 Å². The topological polar surface area (TPSA) is 106 Å². The molecule has 0 heterocycles.